The molecule has 1 heterocycles. The van der Waals surface area contributed by atoms with Gasteiger partial charge in [0, 0.05) is 26.2 Å². The van der Waals surface area contributed by atoms with E-state index < -0.39 is 0 Å². The molecule has 0 bridgehead atoms. The summed E-state index contributed by atoms with van der Waals surface area (Å²) in [5, 5.41) is 0. The Hall–Kier alpha value is -1.58. The number of anilines is 1. The number of hydrogen-bond donors (Lipinski definition) is 0. The van der Waals surface area contributed by atoms with Crippen molar-refractivity contribution < 1.29 is 9.18 Å². The molecule has 86 valence electrons. The van der Waals surface area contributed by atoms with Crippen LogP contribution in [0.25, 0.3) is 0 Å². The van der Waals surface area contributed by atoms with E-state index in [2.05, 4.69) is 0 Å². The second kappa shape index (κ2) is 4.51. The van der Waals surface area contributed by atoms with Crippen LogP contribution in [0.15, 0.2) is 18.2 Å². The lowest BCUT2D eigenvalue weighted by atomic mass is 10.2. The molecule has 0 radical (unpaired) electrons. The molecular weight excluding hydrogens is 207 g/mol. The van der Waals surface area contributed by atoms with E-state index in [1.165, 1.54) is 0 Å². The Morgan fingerprint density at radius 2 is 1.94 bits per heavy atom. The van der Waals surface area contributed by atoms with Crippen LogP contribution in [-0.2, 0) is 4.79 Å². The van der Waals surface area contributed by atoms with Gasteiger partial charge in [-0.2, -0.15) is 0 Å². The van der Waals surface area contributed by atoms with Gasteiger partial charge in [-0.1, -0.05) is 6.07 Å². The van der Waals surface area contributed by atoms with Crippen LogP contribution in [0.2, 0.25) is 0 Å². The molecule has 0 aromatic heterocycles. The fourth-order valence-corrected chi connectivity index (χ4v) is 1.94. The minimum Gasteiger partial charge on any atom is -0.366 e. The van der Waals surface area contributed by atoms with Crippen LogP contribution in [0.5, 0.6) is 0 Å². The number of benzene rings is 1. The first-order valence-corrected chi connectivity index (χ1v) is 5.41. The zero-order valence-corrected chi connectivity index (χ0v) is 9.32. The molecule has 1 aliphatic heterocycles. The maximum atomic E-state index is 13.7. The fourth-order valence-electron chi connectivity index (χ4n) is 1.94. The van der Waals surface area contributed by atoms with Crippen LogP contribution in [0.1, 0.15) is 5.56 Å². The van der Waals surface area contributed by atoms with Crippen molar-refractivity contribution in [1.82, 2.24) is 4.90 Å². The van der Waals surface area contributed by atoms with Gasteiger partial charge in [-0.25, -0.2) is 4.39 Å². The molecule has 0 saturated carbocycles. The summed E-state index contributed by atoms with van der Waals surface area (Å²) < 4.78 is 13.7. The first-order valence-electron chi connectivity index (χ1n) is 5.41. The summed E-state index contributed by atoms with van der Waals surface area (Å²) in [7, 11) is 0. The minimum absolute atomic E-state index is 0.181. The second-order valence-electron chi connectivity index (χ2n) is 4.08. The Morgan fingerprint density at radius 3 is 2.50 bits per heavy atom. The van der Waals surface area contributed by atoms with Crippen LogP contribution < -0.4 is 4.90 Å². The number of rotatable bonds is 2. The highest BCUT2D eigenvalue weighted by Crippen LogP contribution is 2.21. The molecule has 0 spiro atoms. The van der Waals surface area contributed by atoms with Crippen molar-refractivity contribution in [3.8, 4) is 0 Å². The van der Waals surface area contributed by atoms with E-state index in [-0.39, 0.29) is 5.82 Å². The van der Waals surface area contributed by atoms with Gasteiger partial charge in [0.15, 0.2) is 0 Å². The van der Waals surface area contributed by atoms with Crippen LogP contribution >= 0.6 is 0 Å². The van der Waals surface area contributed by atoms with Crippen molar-refractivity contribution in [3.05, 3.63) is 29.6 Å². The summed E-state index contributed by atoms with van der Waals surface area (Å²) in [6.45, 7) is 4.59. The molecule has 1 saturated heterocycles. The maximum absolute atomic E-state index is 13.7. The molecule has 16 heavy (non-hydrogen) atoms. The summed E-state index contributed by atoms with van der Waals surface area (Å²) in [5.74, 6) is -0.181. The third-order valence-electron chi connectivity index (χ3n) is 2.91. The normalized spacial score (nSPS) is 16.4. The van der Waals surface area contributed by atoms with Crippen LogP contribution in [0.4, 0.5) is 10.1 Å². The van der Waals surface area contributed by atoms with E-state index in [1.54, 1.807) is 17.0 Å². The zero-order chi connectivity index (χ0) is 11.5. The Morgan fingerprint density at radius 1 is 1.25 bits per heavy atom. The Bertz CT molecular complexity index is 387. The maximum Gasteiger partial charge on any atom is 0.209 e. The lowest BCUT2D eigenvalue weighted by molar-refractivity contribution is -0.118. The van der Waals surface area contributed by atoms with Crippen molar-refractivity contribution >= 4 is 12.1 Å². The van der Waals surface area contributed by atoms with Gasteiger partial charge in [0.1, 0.15) is 5.82 Å². The molecule has 4 heteroatoms. The molecule has 0 atom stereocenters. The van der Waals surface area contributed by atoms with E-state index in [0.717, 1.165) is 12.0 Å². The number of halogens is 1. The van der Waals surface area contributed by atoms with E-state index in [0.29, 0.717) is 31.9 Å². The van der Waals surface area contributed by atoms with Gasteiger partial charge in [-0.05, 0) is 24.6 Å². The first kappa shape index (κ1) is 10.9. The van der Waals surface area contributed by atoms with E-state index >= 15 is 0 Å². The fraction of sp³-hybridized carbons (Fsp3) is 0.417. The molecule has 1 fully saturated rings. The van der Waals surface area contributed by atoms with Crippen molar-refractivity contribution in [2.75, 3.05) is 31.1 Å². The Labute approximate surface area is 94.5 Å². The minimum atomic E-state index is -0.181. The summed E-state index contributed by atoms with van der Waals surface area (Å²) in [5.41, 5.74) is 1.56. The predicted molar refractivity (Wildman–Crippen MR) is 61.0 cm³/mol. The monoisotopic (exact) mass is 222 g/mol. The van der Waals surface area contributed by atoms with Crippen LogP contribution in [0.3, 0.4) is 0 Å². The highest BCUT2D eigenvalue weighted by molar-refractivity contribution is 5.52. The molecule has 3 nitrogen and oxygen atoms in total. The van der Waals surface area contributed by atoms with Gasteiger partial charge in [0.25, 0.3) is 0 Å². The number of piperazine rings is 1. The van der Waals surface area contributed by atoms with Crippen molar-refractivity contribution in [3.63, 3.8) is 0 Å². The van der Waals surface area contributed by atoms with Crippen LogP contribution in [-0.4, -0.2) is 37.5 Å². The highest BCUT2D eigenvalue weighted by atomic mass is 19.1. The summed E-state index contributed by atoms with van der Waals surface area (Å²) >= 11 is 0. The molecule has 1 amide bonds. The number of aryl methyl sites for hydroxylation is 1. The van der Waals surface area contributed by atoms with Crippen LogP contribution in [0, 0.1) is 12.7 Å². The van der Waals surface area contributed by atoms with Crippen molar-refractivity contribution in [2.45, 2.75) is 6.92 Å². The van der Waals surface area contributed by atoms with Crippen molar-refractivity contribution in [2.24, 2.45) is 0 Å². The molecule has 2 rings (SSSR count). The van der Waals surface area contributed by atoms with Gasteiger partial charge in [-0.3, -0.25) is 4.79 Å². The van der Waals surface area contributed by atoms with Crippen molar-refractivity contribution in [1.29, 1.82) is 0 Å². The van der Waals surface area contributed by atoms with E-state index in [1.807, 2.05) is 17.9 Å². The Balaban J connectivity index is 2.11. The quantitative estimate of drug-likeness (QED) is 0.706. The SMILES string of the molecule is Cc1ccc(N2CCN(C=O)CC2)c(F)c1. The number of nitrogens with zero attached hydrogens (tertiary/aromatic N) is 2. The number of carbonyl (C=O) groups is 1. The van der Waals surface area contributed by atoms with E-state index in [9.17, 15) is 9.18 Å². The molecule has 1 aromatic rings. The topological polar surface area (TPSA) is 23.6 Å². The molecule has 0 N–H and O–H groups in total. The van der Waals surface area contributed by atoms with Gasteiger partial charge in [0.05, 0.1) is 5.69 Å². The first-order chi connectivity index (χ1) is 7.70. The third kappa shape index (κ3) is 2.15. The molecule has 0 unspecified atom stereocenters. The van der Waals surface area contributed by atoms with E-state index in [4.69, 9.17) is 0 Å². The number of hydrogen-bond acceptors (Lipinski definition) is 2. The van der Waals surface area contributed by atoms with Gasteiger partial charge in [0.2, 0.25) is 6.41 Å². The summed E-state index contributed by atoms with van der Waals surface area (Å²) in [6.07, 6.45) is 0.850. The van der Waals surface area contributed by atoms with Gasteiger partial charge in [-0.15, -0.1) is 0 Å². The molecular formula is C12H15FN2O. The average Bonchev–Trinajstić information content (AvgIpc) is 2.29. The summed E-state index contributed by atoms with van der Waals surface area (Å²) in [4.78, 5) is 14.2. The average molecular weight is 222 g/mol. The smallest absolute Gasteiger partial charge is 0.209 e. The lowest BCUT2D eigenvalue weighted by Crippen LogP contribution is -2.46. The predicted octanol–water partition coefficient (Wildman–Crippen LogP) is 1.41. The number of amides is 1. The largest absolute Gasteiger partial charge is 0.366 e. The molecule has 1 aromatic carbocycles. The standard InChI is InChI=1S/C12H15FN2O/c1-10-2-3-12(11(13)8-10)15-6-4-14(9-16)5-7-15/h2-3,8-9H,4-7H2,1H3. The third-order valence-corrected chi connectivity index (χ3v) is 2.91. The van der Waals surface area contributed by atoms with Gasteiger partial charge < -0.3 is 9.80 Å². The Kier molecular flexibility index (Phi) is 3.08. The zero-order valence-electron chi connectivity index (χ0n) is 9.32. The van der Waals surface area contributed by atoms with Gasteiger partial charge >= 0.3 is 0 Å². The molecule has 1 aliphatic rings. The number of carbonyl (C=O) groups excluding carboxylic acids is 1. The highest BCUT2D eigenvalue weighted by Gasteiger charge is 2.17. The summed E-state index contributed by atoms with van der Waals surface area (Å²) in [6, 6.07) is 5.26. The molecule has 0 aliphatic carbocycles. The lowest BCUT2D eigenvalue weighted by Gasteiger charge is -2.34. The second-order valence-corrected chi connectivity index (χ2v) is 4.08.